The number of halogens is 1. The Kier molecular flexibility index (Phi) is 5.59. The van der Waals surface area contributed by atoms with E-state index in [-0.39, 0.29) is 28.9 Å². The lowest BCUT2D eigenvalue weighted by atomic mass is 10.1. The zero-order chi connectivity index (χ0) is 23.9. The predicted octanol–water partition coefficient (Wildman–Crippen LogP) is 3.15. The first-order chi connectivity index (χ1) is 15.5. The molecule has 0 aliphatic heterocycles. The summed E-state index contributed by atoms with van der Waals surface area (Å²) in [6, 6.07) is 11.1. The van der Waals surface area contributed by atoms with E-state index in [2.05, 4.69) is 20.7 Å². The molecule has 9 nitrogen and oxygen atoms in total. The molecule has 33 heavy (non-hydrogen) atoms. The van der Waals surface area contributed by atoms with E-state index in [0.717, 1.165) is 4.68 Å². The van der Waals surface area contributed by atoms with E-state index in [9.17, 15) is 19.2 Å². The lowest BCUT2D eigenvalue weighted by Gasteiger charge is -2.20. The molecule has 10 heteroatoms. The van der Waals surface area contributed by atoms with E-state index >= 15 is 0 Å². The lowest BCUT2D eigenvalue weighted by Crippen LogP contribution is -2.43. The molecule has 2 heterocycles. The fraction of sp³-hybridized carbons (Fsp3) is 0.217. The Balaban J connectivity index is 1.73. The molecule has 0 aliphatic carbocycles. The fourth-order valence-electron chi connectivity index (χ4n) is 3.55. The predicted molar refractivity (Wildman–Crippen MR) is 129 cm³/mol. The Hall–Kier alpha value is -3.85. The van der Waals surface area contributed by atoms with E-state index in [1.807, 2.05) is 20.8 Å². The van der Waals surface area contributed by atoms with Crippen LogP contribution in [0.4, 0.5) is 10.5 Å². The maximum absolute atomic E-state index is 13.1. The lowest BCUT2D eigenvalue weighted by molar-refractivity contribution is 0.244. The highest BCUT2D eigenvalue weighted by molar-refractivity contribution is 6.31. The number of amides is 2. The van der Waals surface area contributed by atoms with Gasteiger partial charge in [0, 0.05) is 21.6 Å². The number of urea groups is 1. The molecular weight excluding hydrogens is 446 g/mol. The van der Waals surface area contributed by atoms with Crippen molar-refractivity contribution in [3.05, 3.63) is 84.0 Å². The van der Waals surface area contributed by atoms with Crippen LogP contribution in [0.15, 0.2) is 56.8 Å². The summed E-state index contributed by atoms with van der Waals surface area (Å²) >= 11 is 5.98. The van der Waals surface area contributed by atoms with Crippen molar-refractivity contribution in [2.45, 2.75) is 32.9 Å². The number of fused-ring (bicyclic) bond motifs is 2. The SMILES string of the molecule is CC(C)(C)NC(=O)Nc1cccc(Cn2[nH]c(=O)c3[nH]c4cc(Cl)ccc4c(=O)c3c2=O)c1. The maximum Gasteiger partial charge on any atom is 0.319 e. The first kappa shape index (κ1) is 22.3. The first-order valence-corrected chi connectivity index (χ1v) is 10.6. The van der Waals surface area contributed by atoms with Gasteiger partial charge in [0.05, 0.1) is 12.1 Å². The number of hydrogen-bond acceptors (Lipinski definition) is 4. The highest BCUT2D eigenvalue weighted by Crippen LogP contribution is 2.16. The number of hydrogen-bond donors (Lipinski definition) is 4. The summed E-state index contributed by atoms with van der Waals surface area (Å²) in [6.07, 6.45) is 0. The molecule has 0 saturated carbocycles. The third-order valence-electron chi connectivity index (χ3n) is 4.90. The van der Waals surface area contributed by atoms with E-state index < -0.39 is 22.1 Å². The van der Waals surface area contributed by atoms with E-state index in [1.165, 1.54) is 12.1 Å². The van der Waals surface area contributed by atoms with Crippen LogP contribution in [0.5, 0.6) is 0 Å². The molecule has 0 radical (unpaired) electrons. The highest BCUT2D eigenvalue weighted by atomic mass is 35.5. The van der Waals surface area contributed by atoms with E-state index in [0.29, 0.717) is 21.8 Å². The molecule has 2 aromatic heterocycles. The smallest absolute Gasteiger partial charge is 0.319 e. The number of benzene rings is 2. The third kappa shape index (κ3) is 4.68. The number of rotatable bonds is 3. The van der Waals surface area contributed by atoms with Crippen LogP contribution in [0, 0.1) is 0 Å². The van der Waals surface area contributed by atoms with Gasteiger partial charge in [-0.2, -0.15) is 0 Å². The van der Waals surface area contributed by atoms with Crippen LogP contribution in [0.2, 0.25) is 5.02 Å². The number of aromatic nitrogens is 3. The van der Waals surface area contributed by atoms with Crippen molar-refractivity contribution < 1.29 is 4.79 Å². The molecule has 0 bridgehead atoms. The molecule has 0 fully saturated rings. The van der Waals surface area contributed by atoms with Gasteiger partial charge in [0.25, 0.3) is 11.1 Å². The van der Waals surface area contributed by atoms with Crippen LogP contribution in [-0.2, 0) is 6.54 Å². The minimum atomic E-state index is -0.633. The largest absolute Gasteiger partial charge is 0.350 e. The van der Waals surface area contributed by atoms with Gasteiger partial charge < -0.3 is 15.6 Å². The summed E-state index contributed by atoms with van der Waals surface area (Å²) in [7, 11) is 0. The topological polar surface area (TPSA) is 129 Å². The molecular formula is C23H22ClN5O4. The van der Waals surface area contributed by atoms with Crippen molar-refractivity contribution in [1.29, 1.82) is 0 Å². The van der Waals surface area contributed by atoms with Crippen LogP contribution in [0.25, 0.3) is 21.8 Å². The summed E-state index contributed by atoms with van der Waals surface area (Å²) in [5.41, 5.74) is -0.762. The summed E-state index contributed by atoms with van der Waals surface area (Å²) < 4.78 is 1.08. The van der Waals surface area contributed by atoms with Gasteiger partial charge in [0.1, 0.15) is 10.9 Å². The standard InChI is InChI=1S/C23H22ClN5O4/c1-23(2,3)27-22(33)25-14-6-4-5-12(9-14)11-29-21(32)17-18(20(31)28-29)26-16-10-13(24)7-8-15(16)19(17)30/h4-10H,11H2,1-3H3,(H,26,30)(H,28,31)(H2,25,27,33). The second-order valence-electron chi connectivity index (χ2n) is 8.76. The number of nitrogens with one attached hydrogen (secondary N) is 4. The molecule has 4 aromatic rings. The van der Waals surface area contributed by atoms with Crippen LogP contribution >= 0.6 is 11.6 Å². The Labute approximate surface area is 192 Å². The molecule has 0 atom stereocenters. The number of nitrogens with zero attached hydrogens (tertiary/aromatic N) is 1. The fourth-order valence-corrected chi connectivity index (χ4v) is 3.72. The van der Waals surface area contributed by atoms with Gasteiger partial charge in [0.15, 0.2) is 0 Å². The van der Waals surface area contributed by atoms with E-state index in [4.69, 9.17) is 11.6 Å². The highest BCUT2D eigenvalue weighted by Gasteiger charge is 2.16. The van der Waals surface area contributed by atoms with Crippen LogP contribution in [0.3, 0.4) is 0 Å². The number of anilines is 1. The van der Waals surface area contributed by atoms with Crippen molar-refractivity contribution in [1.82, 2.24) is 20.1 Å². The monoisotopic (exact) mass is 467 g/mol. The third-order valence-corrected chi connectivity index (χ3v) is 5.13. The molecule has 170 valence electrons. The number of carbonyl (C=O) groups is 1. The zero-order valence-electron chi connectivity index (χ0n) is 18.2. The molecule has 0 saturated heterocycles. The molecule has 2 amide bonds. The number of aromatic amines is 2. The Bertz CT molecular complexity index is 1580. The average Bonchev–Trinajstić information content (AvgIpc) is 2.70. The Morgan fingerprint density at radius 2 is 1.85 bits per heavy atom. The van der Waals surface area contributed by atoms with Crippen LogP contribution in [-0.4, -0.2) is 26.3 Å². The van der Waals surface area contributed by atoms with Gasteiger partial charge >= 0.3 is 6.03 Å². The van der Waals surface area contributed by atoms with Crippen LogP contribution in [0.1, 0.15) is 26.3 Å². The van der Waals surface area contributed by atoms with Gasteiger partial charge in [-0.3, -0.25) is 19.5 Å². The molecule has 0 unspecified atom stereocenters. The van der Waals surface area contributed by atoms with Crippen molar-refractivity contribution in [2.75, 3.05) is 5.32 Å². The van der Waals surface area contributed by atoms with Gasteiger partial charge in [-0.05, 0) is 56.7 Å². The second-order valence-corrected chi connectivity index (χ2v) is 9.19. The molecule has 2 aromatic carbocycles. The van der Waals surface area contributed by atoms with Crippen molar-refractivity contribution in [3.63, 3.8) is 0 Å². The molecule has 4 N–H and O–H groups in total. The normalized spacial score (nSPS) is 11.6. The summed E-state index contributed by atoms with van der Waals surface area (Å²) in [5.74, 6) is 0. The summed E-state index contributed by atoms with van der Waals surface area (Å²) in [5, 5.41) is 8.48. The average molecular weight is 468 g/mol. The summed E-state index contributed by atoms with van der Waals surface area (Å²) in [4.78, 5) is 53.8. The van der Waals surface area contributed by atoms with Gasteiger partial charge in [-0.15, -0.1) is 0 Å². The zero-order valence-corrected chi connectivity index (χ0v) is 19.0. The number of H-pyrrole nitrogens is 2. The Morgan fingerprint density at radius 3 is 2.58 bits per heavy atom. The van der Waals surface area contributed by atoms with Crippen molar-refractivity contribution in [2.24, 2.45) is 0 Å². The van der Waals surface area contributed by atoms with Crippen molar-refractivity contribution >= 4 is 45.1 Å². The number of pyridine rings is 1. The van der Waals surface area contributed by atoms with Crippen LogP contribution < -0.4 is 27.2 Å². The van der Waals surface area contributed by atoms with Gasteiger partial charge in [-0.1, -0.05) is 23.7 Å². The number of carbonyl (C=O) groups excluding carboxylic acids is 1. The quantitative estimate of drug-likeness (QED) is 0.345. The molecule has 0 spiro atoms. The molecule has 4 rings (SSSR count). The second kappa shape index (κ2) is 8.25. The van der Waals surface area contributed by atoms with Crippen molar-refractivity contribution in [3.8, 4) is 0 Å². The van der Waals surface area contributed by atoms with E-state index in [1.54, 1.807) is 30.3 Å². The summed E-state index contributed by atoms with van der Waals surface area (Å²) in [6.45, 7) is 5.60. The minimum absolute atomic E-state index is 0.00147. The Morgan fingerprint density at radius 1 is 1.09 bits per heavy atom. The first-order valence-electron chi connectivity index (χ1n) is 10.2. The minimum Gasteiger partial charge on any atom is -0.350 e. The maximum atomic E-state index is 13.1. The van der Waals surface area contributed by atoms with Gasteiger partial charge in [0.2, 0.25) is 5.43 Å². The van der Waals surface area contributed by atoms with Gasteiger partial charge in [-0.25, -0.2) is 9.48 Å². The molecule has 0 aliphatic rings.